The predicted octanol–water partition coefficient (Wildman–Crippen LogP) is 10.0. The quantitative estimate of drug-likeness (QED) is 0.156. The van der Waals surface area contributed by atoms with Crippen molar-refractivity contribution in [1.29, 1.82) is 0 Å². The summed E-state index contributed by atoms with van der Waals surface area (Å²) in [5, 5.41) is 0. The molecule has 0 aromatic heterocycles. The summed E-state index contributed by atoms with van der Waals surface area (Å²) in [7, 11) is -4.50. The Morgan fingerprint density at radius 2 is 0.976 bits per heavy atom. The van der Waals surface area contributed by atoms with E-state index in [0.29, 0.717) is 17.0 Å². The topological polar surface area (TPSA) is 57.2 Å². The zero-order chi connectivity index (χ0) is 31.2. The molecule has 3 nitrogen and oxygen atoms in total. The van der Waals surface area contributed by atoms with E-state index in [4.69, 9.17) is 0 Å². The molecule has 4 aromatic rings. The lowest BCUT2D eigenvalue weighted by Crippen LogP contribution is -2.11. The predicted molar refractivity (Wildman–Crippen MR) is 177 cm³/mol. The van der Waals surface area contributed by atoms with Crippen LogP contribution in [0.15, 0.2) is 117 Å². The van der Waals surface area contributed by atoms with Crippen LogP contribution in [0.2, 0.25) is 0 Å². The van der Waals surface area contributed by atoms with Crippen LogP contribution in [0.1, 0.15) is 102 Å². The average molecular weight is 603 g/mol. The molecular weight excluding hydrogens is 557 g/mol. The van der Waals surface area contributed by atoms with Crippen LogP contribution in [0, 0.1) is 0 Å². The Morgan fingerprint density at radius 1 is 0.595 bits per heavy atom. The van der Waals surface area contributed by atoms with E-state index in [0.717, 1.165) is 5.56 Å². The standard InChI is InChI=1S/C22H23S.C15H24O3S/c1-22(2,3)18-14-16-21(17-15-18)23(19-10-6-4-7-11-19)20-12-8-5-9-13-20;1-9(2)12-7-13(10(3)4)15(19(16,17)18)14(8-12)11(5)6/h4-17H,1-3H3;7-11H,1-6H3,(H,16,17,18)/q+1;/p-1. The lowest BCUT2D eigenvalue weighted by molar-refractivity contribution is 0.459. The monoisotopic (exact) mass is 602 g/mol. The summed E-state index contributed by atoms with van der Waals surface area (Å²) < 4.78 is 34.8. The number of benzene rings is 4. The molecule has 0 spiro atoms. The summed E-state index contributed by atoms with van der Waals surface area (Å²) in [4.78, 5) is 4.08. The molecule has 0 amide bonds. The smallest absolute Gasteiger partial charge is 0.166 e. The van der Waals surface area contributed by atoms with Crippen molar-refractivity contribution in [2.75, 3.05) is 0 Å². The van der Waals surface area contributed by atoms with Gasteiger partial charge in [-0.15, -0.1) is 0 Å². The van der Waals surface area contributed by atoms with Gasteiger partial charge in [0.05, 0.1) is 15.8 Å². The summed E-state index contributed by atoms with van der Waals surface area (Å²) in [6, 6.07) is 34.5. The zero-order valence-electron chi connectivity index (χ0n) is 26.5. The number of hydrogen-bond acceptors (Lipinski definition) is 3. The van der Waals surface area contributed by atoms with Crippen molar-refractivity contribution in [3.05, 3.63) is 119 Å². The molecule has 5 heteroatoms. The lowest BCUT2D eigenvalue weighted by Gasteiger charge is -2.24. The Morgan fingerprint density at radius 3 is 1.29 bits per heavy atom. The van der Waals surface area contributed by atoms with E-state index in [1.807, 2.05) is 39.8 Å². The summed E-state index contributed by atoms with van der Waals surface area (Å²) in [6.07, 6.45) is 0. The van der Waals surface area contributed by atoms with Gasteiger partial charge in [0.1, 0.15) is 10.1 Å². The molecule has 0 radical (unpaired) electrons. The minimum atomic E-state index is -4.45. The van der Waals surface area contributed by atoms with Gasteiger partial charge in [-0.1, -0.05) is 123 Å². The van der Waals surface area contributed by atoms with E-state index in [-0.39, 0.29) is 33.0 Å². The maximum absolute atomic E-state index is 11.6. The first kappa shape index (κ1) is 33.6. The van der Waals surface area contributed by atoms with Crippen molar-refractivity contribution in [1.82, 2.24) is 0 Å². The molecule has 0 N–H and O–H groups in total. The van der Waals surface area contributed by atoms with Crippen molar-refractivity contribution in [2.24, 2.45) is 0 Å². The molecule has 0 heterocycles. The molecule has 0 fully saturated rings. The first-order valence-electron chi connectivity index (χ1n) is 14.7. The highest BCUT2D eigenvalue weighted by molar-refractivity contribution is 7.97. The minimum absolute atomic E-state index is 0.00919. The third-order valence-electron chi connectivity index (χ3n) is 7.24. The first-order chi connectivity index (χ1) is 19.6. The van der Waals surface area contributed by atoms with Gasteiger partial charge in [-0.3, -0.25) is 0 Å². The van der Waals surface area contributed by atoms with E-state index >= 15 is 0 Å². The van der Waals surface area contributed by atoms with Crippen LogP contribution in [-0.4, -0.2) is 13.0 Å². The molecule has 0 atom stereocenters. The Hall–Kier alpha value is -2.86. The molecule has 4 aromatic carbocycles. The SMILES string of the molecule is CC(C)(C)c1ccc([S+](c2ccccc2)c2ccccc2)cc1.CC(C)c1cc(C(C)C)c(S(=O)(=O)[O-])c(C(C)C)c1. The fourth-order valence-corrected chi connectivity index (χ4v) is 8.04. The maximum Gasteiger partial charge on any atom is 0.166 e. The molecule has 4 rings (SSSR count). The highest BCUT2D eigenvalue weighted by Crippen LogP contribution is 2.35. The fourth-order valence-electron chi connectivity index (χ4n) is 4.79. The van der Waals surface area contributed by atoms with Gasteiger partial charge < -0.3 is 4.55 Å². The normalized spacial score (nSPS) is 12.1. The van der Waals surface area contributed by atoms with E-state index in [1.54, 1.807) is 0 Å². The van der Waals surface area contributed by atoms with Gasteiger partial charge in [0.25, 0.3) is 0 Å². The van der Waals surface area contributed by atoms with Crippen LogP contribution >= 0.6 is 0 Å². The summed E-state index contributed by atoms with van der Waals surface area (Å²) in [5.41, 5.74) is 3.94. The van der Waals surface area contributed by atoms with E-state index in [1.165, 1.54) is 20.2 Å². The first-order valence-corrected chi connectivity index (χ1v) is 17.3. The Labute approximate surface area is 257 Å². The van der Waals surface area contributed by atoms with Gasteiger partial charge in [0.2, 0.25) is 0 Å². The van der Waals surface area contributed by atoms with Crippen LogP contribution < -0.4 is 0 Å². The molecule has 0 saturated heterocycles. The molecular formula is C37H46O3S2. The average Bonchev–Trinajstić information content (AvgIpc) is 2.93. The lowest BCUT2D eigenvalue weighted by atomic mass is 9.87. The maximum atomic E-state index is 11.6. The van der Waals surface area contributed by atoms with Crippen molar-refractivity contribution in [3.63, 3.8) is 0 Å². The van der Waals surface area contributed by atoms with Gasteiger partial charge >= 0.3 is 0 Å². The van der Waals surface area contributed by atoms with Crippen LogP contribution in [-0.2, 0) is 26.4 Å². The fraction of sp³-hybridized carbons (Fsp3) is 0.351. The van der Waals surface area contributed by atoms with Gasteiger partial charge in [0, 0.05) is 0 Å². The molecule has 0 aliphatic carbocycles. The summed E-state index contributed by atoms with van der Waals surface area (Å²) >= 11 is 0. The van der Waals surface area contributed by atoms with E-state index in [9.17, 15) is 13.0 Å². The molecule has 0 unspecified atom stereocenters. The summed E-state index contributed by atoms with van der Waals surface area (Å²) in [5.74, 6) is 0.322. The van der Waals surface area contributed by atoms with Crippen LogP contribution in [0.25, 0.3) is 0 Å². The third kappa shape index (κ3) is 8.59. The third-order valence-corrected chi connectivity index (χ3v) is 10.4. The molecule has 42 heavy (non-hydrogen) atoms. The Balaban J connectivity index is 0.000000236. The van der Waals surface area contributed by atoms with Gasteiger partial charge in [-0.25, -0.2) is 8.42 Å². The van der Waals surface area contributed by atoms with Gasteiger partial charge in [-0.2, -0.15) is 0 Å². The second-order valence-electron chi connectivity index (χ2n) is 12.7. The zero-order valence-corrected chi connectivity index (χ0v) is 28.1. The van der Waals surface area contributed by atoms with Crippen molar-refractivity contribution < 1.29 is 13.0 Å². The Bertz CT molecular complexity index is 1460. The van der Waals surface area contributed by atoms with Crippen molar-refractivity contribution in [3.8, 4) is 0 Å². The van der Waals surface area contributed by atoms with Gasteiger partial charge in [0.15, 0.2) is 14.7 Å². The summed E-state index contributed by atoms with van der Waals surface area (Å²) in [6.45, 7) is 18.6. The van der Waals surface area contributed by atoms with Crippen molar-refractivity contribution in [2.45, 2.75) is 105 Å². The van der Waals surface area contributed by atoms with E-state index in [2.05, 4.69) is 120 Å². The van der Waals surface area contributed by atoms with Crippen LogP contribution in [0.3, 0.4) is 0 Å². The molecule has 0 aliphatic rings. The van der Waals surface area contributed by atoms with E-state index < -0.39 is 10.1 Å². The highest BCUT2D eigenvalue weighted by Gasteiger charge is 2.28. The second kappa shape index (κ2) is 14.1. The van der Waals surface area contributed by atoms with Crippen LogP contribution in [0.4, 0.5) is 0 Å². The second-order valence-corrected chi connectivity index (χ2v) is 16.0. The molecule has 224 valence electrons. The largest absolute Gasteiger partial charge is 0.744 e. The number of hydrogen-bond donors (Lipinski definition) is 0. The van der Waals surface area contributed by atoms with Gasteiger partial charge in [-0.05, 0) is 81.8 Å². The Kier molecular flexibility index (Phi) is 11.3. The number of rotatable bonds is 7. The van der Waals surface area contributed by atoms with Crippen molar-refractivity contribution >= 4 is 21.0 Å². The molecule has 0 bridgehead atoms. The minimum Gasteiger partial charge on any atom is -0.744 e. The van der Waals surface area contributed by atoms with Crippen LogP contribution in [0.5, 0.6) is 0 Å². The molecule has 0 aliphatic heterocycles. The molecule has 0 saturated carbocycles. The highest BCUT2D eigenvalue weighted by atomic mass is 32.2.